The Balaban J connectivity index is 2.21. The van der Waals surface area contributed by atoms with Crippen LogP contribution in [0.3, 0.4) is 0 Å². The summed E-state index contributed by atoms with van der Waals surface area (Å²) in [5, 5.41) is 2.68. The van der Waals surface area contributed by atoms with Crippen molar-refractivity contribution >= 4 is 17.4 Å². The van der Waals surface area contributed by atoms with Crippen LogP contribution in [-0.4, -0.2) is 34.4 Å². The second-order valence-corrected chi connectivity index (χ2v) is 4.71. The predicted octanol–water partition coefficient (Wildman–Crippen LogP) is 1.43. The number of nitrogens with one attached hydrogen (secondary N) is 1. The van der Waals surface area contributed by atoms with Crippen LogP contribution in [-0.2, 0) is 9.53 Å². The van der Waals surface area contributed by atoms with Gasteiger partial charge in [-0.1, -0.05) is 13.0 Å². The highest BCUT2D eigenvalue weighted by Gasteiger charge is 2.26. The molecule has 0 aliphatic heterocycles. The van der Waals surface area contributed by atoms with Gasteiger partial charge in [0.05, 0.1) is 25.2 Å². The average molecular weight is 287 g/mol. The van der Waals surface area contributed by atoms with Crippen LogP contribution < -0.4 is 5.32 Å². The van der Waals surface area contributed by atoms with Gasteiger partial charge in [-0.15, -0.1) is 6.58 Å². The maximum Gasteiger partial charge on any atom is 0.328 e. The molecule has 0 aliphatic carbocycles. The fraction of sp³-hybridized carbons (Fsp3) is 0.267. The maximum absolute atomic E-state index is 12.3. The number of hydrogen-bond donors (Lipinski definition) is 1. The summed E-state index contributed by atoms with van der Waals surface area (Å²) in [7, 11) is 1.29. The summed E-state index contributed by atoms with van der Waals surface area (Å²) in [6.07, 6.45) is 6.64. The van der Waals surface area contributed by atoms with Gasteiger partial charge in [-0.05, 0) is 12.1 Å². The second-order valence-electron chi connectivity index (χ2n) is 4.71. The van der Waals surface area contributed by atoms with Crippen LogP contribution in [0, 0.1) is 5.92 Å². The number of esters is 1. The van der Waals surface area contributed by atoms with Crippen molar-refractivity contribution < 1.29 is 14.3 Å². The number of ether oxygens (including phenoxy) is 1. The van der Waals surface area contributed by atoms with Crippen LogP contribution in [0.4, 0.5) is 0 Å². The van der Waals surface area contributed by atoms with Crippen molar-refractivity contribution in [1.29, 1.82) is 0 Å². The number of aromatic nitrogens is 2. The smallest absolute Gasteiger partial charge is 0.328 e. The number of rotatable bonds is 5. The third kappa shape index (κ3) is 3.10. The number of nitrogens with zero attached hydrogens (tertiary/aromatic N) is 2. The first-order valence-corrected chi connectivity index (χ1v) is 6.49. The van der Waals surface area contributed by atoms with Crippen molar-refractivity contribution in [3.05, 3.63) is 49.1 Å². The molecule has 0 fully saturated rings. The first-order chi connectivity index (χ1) is 10.1. The zero-order valence-corrected chi connectivity index (χ0v) is 11.9. The van der Waals surface area contributed by atoms with Gasteiger partial charge in [-0.2, -0.15) is 0 Å². The van der Waals surface area contributed by atoms with Gasteiger partial charge in [0.2, 0.25) is 0 Å². The fourth-order valence-electron chi connectivity index (χ4n) is 1.95. The van der Waals surface area contributed by atoms with E-state index in [4.69, 9.17) is 4.74 Å². The molecule has 0 spiro atoms. The van der Waals surface area contributed by atoms with Gasteiger partial charge < -0.3 is 14.5 Å². The number of imidazole rings is 1. The predicted molar refractivity (Wildman–Crippen MR) is 77.8 cm³/mol. The molecule has 0 bridgehead atoms. The zero-order valence-electron chi connectivity index (χ0n) is 11.9. The van der Waals surface area contributed by atoms with Crippen molar-refractivity contribution in [2.24, 2.45) is 5.92 Å². The van der Waals surface area contributed by atoms with Crippen LogP contribution >= 0.6 is 0 Å². The van der Waals surface area contributed by atoms with E-state index in [1.165, 1.54) is 7.11 Å². The Bertz CT molecular complexity index is 678. The molecule has 1 amide bonds. The molecule has 6 heteroatoms. The average Bonchev–Trinajstić information content (AvgIpc) is 2.98. The molecule has 2 heterocycles. The Hall–Kier alpha value is -2.63. The number of carbonyl (C=O) groups is 2. The van der Waals surface area contributed by atoms with Crippen molar-refractivity contribution in [3.63, 3.8) is 0 Å². The van der Waals surface area contributed by atoms with Gasteiger partial charge in [0.25, 0.3) is 5.91 Å². The molecule has 0 aliphatic rings. The number of fused-ring (bicyclic) bond motifs is 1. The topological polar surface area (TPSA) is 72.7 Å². The minimum atomic E-state index is -0.763. The highest BCUT2D eigenvalue weighted by Crippen LogP contribution is 2.10. The Morgan fingerprint density at radius 1 is 1.52 bits per heavy atom. The molecule has 0 saturated heterocycles. The molecule has 2 aromatic heterocycles. The number of hydrogen-bond acceptors (Lipinski definition) is 4. The number of amides is 1. The Labute approximate surface area is 122 Å². The van der Waals surface area contributed by atoms with Crippen molar-refractivity contribution in [1.82, 2.24) is 14.7 Å². The Kier molecular flexibility index (Phi) is 4.37. The molecule has 2 atom stereocenters. The van der Waals surface area contributed by atoms with Crippen LogP contribution in [0.2, 0.25) is 0 Å². The first-order valence-electron chi connectivity index (χ1n) is 6.49. The monoisotopic (exact) mass is 287 g/mol. The molecule has 110 valence electrons. The van der Waals surface area contributed by atoms with E-state index in [9.17, 15) is 9.59 Å². The summed E-state index contributed by atoms with van der Waals surface area (Å²) >= 11 is 0. The van der Waals surface area contributed by atoms with E-state index < -0.39 is 12.0 Å². The highest BCUT2D eigenvalue weighted by atomic mass is 16.5. The van der Waals surface area contributed by atoms with Gasteiger partial charge in [-0.3, -0.25) is 4.79 Å². The lowest BCUT2D eigenvalue weighted by Gasteiger charge is -2.20. The van der Waals surface area contributed by atoms with E-state index in [1.54, 1.807) is 48.3 Å². The van der Waals surface area contributed by atoms with Gasteiger partial charge in [0.1, 0.15) is 6.04 Å². The first kappa shape index (κ1) is 14.8. The number of methoxy groups -OCH3 is 1. The Morgan fingerprint density at radius 3 is 2.95 bits per heavy atom. The Morgan fingerprint density at radius 2 is 2.29 bits per heavy atom. The van der Waals surface area contributed by atoms with E-state index in [1.807, 2.05) is 0 Å². The summed E-state index contributed by atoms with van der Waals surface area (Å²) in [6.45, 7) is 5.43. The molecule has 21 heavy (non-hydrogen) atoms. The summed E-state index contributed by atoms with van der Waals surface area (Å²) in [5.41, 5.74) is 1.25. The van der Waals surface area contributed by atoms with Gasteiger partial charge in [-0.25, -0.2) is 9.78 Å². The lowest BCUT2D eigenvalue weighted by molar-refractivity contribution is -0.143. The van der Waals surface area contributed by atoms with Gasteiger partial charge >= 0.3 is 5.97 Å². The number of pyridine rings is 1. The normalized spacial score (nSPS) is 13.4. The van der Waals surface area contributed by atoms with E-state index in [0.717, 1.165) is 5.52 Å². The second kappa shape index (κ2) is 6.21. The molecule has 0 radical (unpaired) electrons. The minimum Gasteiger partial charge on any atom is -0.467 e. The van der Waals surface area contributed by atoms with Crippen molar-refractivity contribution in [3.8, 4) is 0 Å². The molecule has 2 rings (SSSR count). The molecule has 0 unspecified atom stereocenters. The lowest BCUT2D eigenvalue weighted by Crippen LogP contribution is -2.45. The summed E-state index contributed by atoms with van der Waals surface area (Å²) in [4.78, 5) is 28.0. The maximum atomic E-state index is 12.3. The molecule has 0 saturated carbocycles. The third-order valence-corrected chi connectivity index (χ3v) is 3.32. The lowest BCUT2D eigenvalue weighted by atomic mass is 10.0. The van der Waals surface area contributed by atoms with Crippen molar-refractivity contribution in [2.45, 2.75) is 13.0 Å². The summed E-state index contributed by atoms with van der Waals surface area (Å²) in [6, 6.07) is 2.60. The molecular weight excluding hydrogens is 270 g/mol. The van der Waals surface area contributed by atoms with Crippen LogP contribution in [0.1, 0.15) is 17.3 Å². The largest absolute Gasteiger partial charge is 0.467 e. The minimum absolute atomic E-state index is 0.236. The van der Waals surface area contributed by atoms with Gasteiger partial charge in [0.15, 0.2) is 0 Å². The quantitative estimate of drug-likeness (QED) is 0.667. The third-order valence-electron chi connectivity index (χ3n) is 3.32. The van der Waals surface area contributed by atoms with E-state index >= 15 is 0 Å². The van der Waals surface area contributed by atoms with Crippen LogP contribution in [0.15, 0.2) is 43.5 Å². The molecule has 2 aromatic rings. The SMILES string of the molecule is C=C[C@@H](C)[C@H](NC(=O)c1ccn2cncc2c1)C(=O)OC. The van der Waals surface area contributed by atoms with Crippen LogP contribution in [0.25, 0.3) is 5.52 Å². The van der Waals surface area contributed by atoms with E-state index in [-0.39, 0.29) is 11.8 Å². The molecule has 0 aromatic carbocycles. The summed E-state index contributed by atoms with van der Waals surface area (Å²) < 4.78 is 6.51. The zero-order chi connectivity index (χ0) is 15.4. The number of carbonyl (C=O) groups excluding carboxylic acids is 2. The van der Waals surface area contributed by atoms with E-state index in [2.05, 4.69) is 16.9 Å². The van der Waals surface area contributed by atoms with E-state index in [0.29, 0.717) is 5.56 Å². The fourth-order valence-corrected chi connectivity index (χ4v) is 1.95. The molecule has 6 nitrogen and oxygen atoms in total. The van der Waals surface area contributed by atoms with Crippen molar-refractivity contribution in [2.75, 3.05) is 7.11 Å². The summed E-state index contributed by atoms with van der Waals surface area (Å²) in [5.74, 6) is -1.08. The molecule has 1 N–H and O–H groups in total. The standard InChI is InChI=1S/C15H17N3O3/c1-4-10(2)13(15(20)21-3)17-14(19)11-5-6-18-9-16-8-12(18)7-11/h4-10,13H,1H2,2-3H3,(H,17,19)/t10-,13+/m1/s1. The highest BCUT2D eigenvalue weighted by molar-refractivity contribution is 5.97. The van der Waals surface area contributed by atoms with Crippen LogP contribution in [0.5, 0.6) is 0 Å². The van der Waals surface area contributed by atoms with Gasteiger partial charge in [0, 0.05) is 17.7 Å². The molecular formula is C15H17N3O3.